The van der Waals surface area contributed by atoms with Crippen LogP contribution in [0.4, 0.5) is 13.2 Å². The van der Waals surface area contributed by atoms with E-state index in [-0.39, 0.29) is 11.3 Å². The van der Waals surface area contributed by atoms with Gasteiger partial charge in [-0.3, -0.25) is 4.98 Å². The number of nitrogens with zero attached hydrogens (tertiary/aromatic N) is 1. The van der Waals surface area contributed by atoms with Crippen LogP contribution >= 0.6 is 0 Å². The van der Waals surface area contributed by atoms with Crippen LogP contribution in [0.5, 0.6) is 11.5 Å². The maximum absolute atomic E-state index is 12.9. The number of hydrogen-bond donors (Lipinski definition) is 1. The molecule has 2 aromatic rings. The number of halogens is 3. The fraction of sp³-hybridized carbons (Fsp3) is 0.214. The highest BCUT2D eigenvalue weighted by atomic mass is 19.4. The van der Waals surface area contributed by atoms with E-state index < -0.39 is 18.3 Å². The Balaban J connectivity index is 2.37. The van der Waals surface area contributed by atoms with E-state index in [1.807, 2.05) is 0 Å². The van der Waals surface area contributed by atoms with Crippen LogP contribution in [0.1, 0.15) is 16.8 Å². The van der Waals surface area contributed by atoms with Gasteiger partial charge in [-0.15, -0.1) is 0 Å². The molecule has 0 fully saturated rings. The Hall–Kier alpha value is -2.08. The minimum absolute atomic E-state index is 0.0469. The Kier molecular flexibility index (Phi) is 3.94. The number of alkyl halides is 3. The fourth-order valence-corrected chi connectivity index (χ4v) is 1.73. The molecule has 106 valence electrons. The molecule has 0 radical (unpaired) electrons. The van der Waals surface area contributed by atoms with Crippen molar-refractivity contribution in [1.29, 1.82) is 0 Å². The average molecular weight is 283 g/mol. The minimum Gasteiger partial charge on any atom is -0.455 e. The maximum Gasteiger partial charge on any atom is 0.416 e. The van der Waals surface area contributed by atoms with Crippen molar-refractivity contribution in [3.05, 3.63) is 53.3 Å². The predicted octanol–water partition coefficient (Wildman–Crippen LogP) is 3.69. The lowest BCUT2D eigenvalue weighted by molar-refractivity contribution is -0.138. The highest BCUT2D eigenvalue weighted by Gasteiger charge is 2.33. The second-order valence-electron chi connectivity index (χ2n) is 4.16. The summed E-state index contributed by atoms with van der Waals surface area (Å²) in [6.45, 7) is 1.02. The van der Waals surface area contributed by atoms with Crippen molar-refractivity contribution in [2.45, 2.75) is 19.7 Å². The third kappa shape index (κ3) is 3.08. The maximum atomic E-state index is 12.9. The summed E-state index contributed by atoms with van der Waals surface area (Å²) in [5.74, 6) is 0.433. The van der Waals surface area contributed by atoms with Gasteiger partial charge in [0.25, 0.3) is 0 Å². The molecule has 0 aliphatic carbocycles. The highest BCUT2D eigenvalue weighted by Crippen LogP contribution is 2.35. The van der Waals surface area contributed by atoms with E-state index in [4.69, 9.17) is 9.84 Å². The molecule has 0 bridgehead atoms. The first-order chi connectivity index (χ1) is 9.41. The molecule has 1 aromatic carbocycles. The molecule has 2 rings (SSSR count). The second kappa shape index (κ2) is 5.50. The summed E-state index contributed by atoms with van der Waals surface area (Å²) >= 11 is 0. The normalized spacial score (nSPS) is 11.4. The van der Waals surface area contributed by atoms with Crippen molar-refractivity contribution in [2.24, 2.45) is 0 Å². The molecule has 0 unspecified atom stereocenters. The molecule has 0 saturated heterocycles. The van der Waals surface area contributed by atoms with Crippen molar-refractivity contribution < 1.29 is 23.0 Å². The Labute approximate surface area is 113 Å². The number of aliphatic hydroxyl groups excluding tert-OH is 1. The average Bonchev–Trinajstić information content (AvgIpc) is 2.40. The lowest BCUT2D eigenvalue weighted by Crippen LogP contribution is -2.09. The Bertz CT molecular complexity index is 612. The first-order valence-corrected chi connectivity index (χ1v) is 5.82. The molecule has 0 saturated carbocycles. The Morgan fingerprint density at radius 1 is 1.25 bits per heavy atom. The number of hydrogen-bond acceptors (Lipinski definition) is 3. The molecule has 20 heavy (non-hydrogen) atoms. The lowest BCUT2D eigenvalue weighted by atomic mass is 10.1. The molecule has 0 aliphatic heterocycles. The number of pyridine rings is 1. The van der Waals surface area contributed by atoms with E-state index in [2.05, 4.69) is 4.98 Å². The molecule has 1 heterocycles. The number of aromatic nitrogens is 1. The second-order valence-corrected chi connectivity index (χ2v) is 4.16. The summed E-state index contributed by atoms with van der Waals surface area (Å²) in [7, 11) is 0. The summed E-state index contributed by atoms with van der Waals surface area (Å²) in [6, 6.07) is 6.71. The van der Waals surface area contributed by atoms with Gasteiger partial charge in [-0.05, 0) is 36.8 Å². The van der Waals surface area contributed by atoms with Gasteiger partial charge in [-0.2, -0.15) is 13.2 Å². The van der Waals surface area contributed by atoms with Crippen LogP contribution in [0.25, 0.3) is 0 Å². The summed E-state index contributed by atoms with van der Waals surface area (Å²) in [4.78, 5) is 3.99. The van der Waals surface area contributed by atoms with Gasteiger partial charge >= 0.3 is 6.18 Å². The monoisotopic (exact) mass is 283 g/mol. The van der Waals surface area contributed by atoms with E-state index in [0.717, 1.165) is 6.07 Å². The predicted molar refractivity (Wildman–Crippen MR) is 66.4 cm³/mol. The molecule has 0 atom stereocenters. The van der Waals surface area contributed by atoms with E-state index >= 15 is 0 Å². The molecule has 0 amide bonds. The summed E-state index contributed by atoms with van der Waals surface area (Å²) in [5.41, 5.74) is -0.515. The van der Waals surface area contributed by atoms with Gasteiger partial charge in [0.05, 0.1) is 17.9 Å². The molecule has 1 N–H and O–H groups in total. The zero-order valence-corrected chi connectivity index (χ0v) is 10.6. The number of aryl methyl sites for hydroxylation is 1. The molecular formula is C14H12F3NO2. The van der Waals surface area contributed by atoms with Crippen LogP contribution in [0.3, 0.4) is 0 Å². The van der Waals surface area contributed by atoms with Gasteiger partial charge in [0.2, 0.25) is 0 Å². The van der Waals surface area contributed by atoms with E-state index in [9.17, 15) is 13.2 Å². The number of aliphatic hydroxyl groups is 1. The third-order valence-electron chi connectivity index (χ3n) is 2.74. The molecule has 0 aliphatic rings. The van der Waals surface area contributed by atoms with Gasteiger partial charge in [-0.25, -0.2) is 0 Å². The van der Waals surface area contributed by atoms with Gasteiger partial charge in [0.15, 0.2) is 0 Å². The smallest absolute Gasteiger partial charge is 0.416 e. The van der Waals surface area contributed by atoms with Gasteiger partial charge in [-0.1, -0.05) is 6.07 Å². The Morgan fingerprint density at radius 3 is 2.60 bits per heavy atom. The fourth-order valence-electron chi connectivity index (χ4n) is 1.73. The van der Waals surface area contributed by atoms with E-state index in [1.54, 1.807) is 25.3 Å². The first-order valence-electron chi connectivity index (χ1n) is 5.82. The Morgan fingerprint density at radius 2 is 2.00 bits per heavy atom. The molecule has 1 aromatic heterocycles. The number of ether oxygens (including phenoxy) is 1. The lowest BCUT2D eigenvalue weighted by Gasteiger charge is -2.14. The SMILES string of the molecule is Cc1ncccc1Oc1ccc(CO)c(C(F)(F)F)c1. The van der Waals surface area contributed by atoms with E-state index in [0.29, 0.717) is 11.4 Å². The zero-order valence-electron chi connectivity index (χ0n) is 10.6. The molecular weight excluding hydrogens is 271 g/mol. The zero-order chi connectivity index (χ0) is 14.8. The van der Waals surface area contributed by atoms with E-state index in [1.165, 1.54) is 12.1 Å². The summed E-state index contributed by atoms with van der Waals surface area (Å²) in [6.07, 6.45) is -2.97. The van der Waals surface area contributed by atoms with Crippen molar-refractivity contribution in [3.63, 3.8) is 0 Å². The topological polar surface area (TPSA) is 42.4 Å². The largest absolute Gasteiger partial charge is 0.455 e. The molecule has 3 nitrogen and oxygen atoms in total. The van der Waals surface area contributed by atoms with Crippen molar-refractivity contribution in [1.82, 2.24) is 4.98 Å². The third-order valence-corrected chi connectivity index (χ3v) is 2.74. The van der Waals surface area contributed by atoms with Crippen LogP contribution in [0, 0.1) is 6.92 Å². The summed E-state index contributed by atoms with van der Waals surface area (Å²) in [5, 5.41) is 8.96. The molecule has 0 spiro atoms. The van der Waals surface area contributed by atoms with Crippen LogP contribution in [0.15, 0.2) is 36.5 Å². The standard InChI is InChI=1S/C14H12F3NO2/c1-9-13(3-2-6-18-9)20-11-5-4-10(8-19)12(7-11)14(15,16)17/h2-7,19H,8H2,1H3. The van der Waals surface area contributed by atoms with Crippen LogP contribution < -0.4 is 4.74 Å². The van der Waals surface area contributed by atoms with Crippen LogP contribution in [0.2, 0.25) is 0 Å². The molecule has 6 heteroatoms. The quantitative estimate of drug-likeness (QED) is 0.934. The van der Waals surface area contributed by atoms with Gasteiger partial charge in [0, 0.05) is 6.20 Å². The van der Waals surface area contributed by atoms with Crippen LogP contribution in [-0.4, -0.2) is 10.1 Å². The first kappa shape index (κ1) is 14.3. The van der Waals surface area contributed by atoms with Crippen molar-refractivity contribution >= 4 is 0 Å². The summed E-state index contributed by atoms with van der Waals surface area (Å²) < 4.78 is 44.0. The highest BCUT2D eigenvalue weighted by molar-refractivity contribution is 5.40. The van der Waals surface area contributed by atoms with Crippen LogP contribution in [-0.2, 0) is 12.8 Å². The van der Waals surface area contributed by atoms with Crippen molar-refractivity contribution in [2.75, 3.05) is 0 Å². The van der Waals surface area contributed by atoms with Gasteiger partial charge in [0.1, 0.15) is 11.5 Å². The number of benzene rings is 1. The number of rotatable bonds is 3. The van der Waals surface area contributed by atoms with Gasteiger partial charge < -0.3 is 9.84 Å². The minimum atomic E-state index is -4.54. The van der Waals surface area contributed by atoms with Crippen molar-refractivity contribution in [3.8, 4) is 11.5 Å².